The predicted octanol–water partition coefficient (Wildman–Crippen LogP) is 2.58. The van der Waals surface area contributed by atoms with Crippen LogP contribution in [0.25, 0.3) is 0 Å². The second-order valence-electron chi connectivity index (χ2n) is 6.30. The highest BCUT2D eigenvalue weighted by Crippen LogP contribution is 2.24. The molecule has 1 aromatic rings. The van der Waals surface area contributed by atoms with E-state index in [9.17, 15) is 0 Å². The summed E-state index contributed by atoms with van der Waals surface area (Å²) < 4.78 is 6.07. The molecule has 20 heavy (non-hydrogen) atoms. The van der Waals surface area contributed by atoms with E-state index in [1.165, 1.54) is 30.5 Å². The highest BCUT2D eigenvalue weighted by atomic mass is 16.5. The van der Waals surface area contributed by atoms with E-state index in [0.29, 0.717) is 12.1 Å². The van der Waals surface area contributed by atoms with Gasteiger partial charge in [0.15, 0.2) is 0 Å². The zero-order chi connectivity index (χ0) is 13.9. The first-order valence-electron chi connectivity index (χ1n) is 7.95. The second-order valence-corrected chi connectivity index (χ2v) is 6.30. The molecule has 1 saturated heterocycles. The smallest absolute Gasteiger partial charge is 0.119 e. The number of likely N-dealkylation sites (tertiary alicyclic amines) is 1. The number of nitrogens with zero attached hydrogens (tertiary/aromatic N) is 1. The highest BCUT2D eigenvalue weighted by molar-refractivity contribution is 5.37. The number of rotatable bonds is 4. The molecule has 1 N–H and O–H groups in total. The maximum absolute atomic E-state index is 6.07. The summed E-state index contributed by atoms with van der Waals surface area (Å²) in [5, 5.41) is 3.42. The Morgan fingerprint density at radius 2 is 2.25 bits per heavy atom. The van der Waals surface area contributed by atoms with E-state index in [0.717, 1.165) is 31.9 Å². The maximum atomic E-state index is 6.07. The van der Waals surface area contributed by atoms with Crippen LogP contribution in [0.15, 0.2) is 18.2 Å². The zero-order valence-corrected chi connectivity index (χ0v) is 12.7. The van der Waals surface area contributed by atoms with Crippen LogP contribution >= 0.6 is 0 Å². The lowest BCUT2D eigenvalue weighted by Crippen LogP contribution is -2.39. The van der Waals surface area contributed by atoms with Crippen molar-refractivity contribution in [2.45, 2.75) is 51.7 Å². The zero-order valence-electron chi connectivity index (χ0n) is 12.7. The molecular formula is C17H26N2O. The first-order valence-corrected chi connectivity index (χ1v) is 7.95. The van der Waals surface area contributed by atoms with Crippen LogP contribution in [0, 0.1) is 0 Å². The van der Waals surface area contributed by atoms with Crippen LogP contribution in [0.2, 0.25) is 0 Å². The van der Waals surface area contributed by atoms with Crippen molar-refractivity contribution >= 4 is 0 Å². The van der Waals surface area contributed by atoms with Crippen LogP contribution < -0.4 is 10.1 Å². The summed E-state index contributed by atoms with van der Waals surface area (Å²) in [7, 11) is 0. The van der Waals surface area contributed by atoms with Crippen molar-refractivity contribution in [1.29, 1.82) is 0 Å². The van der Waals surface area contributed by atoms with Gasteiger partial charge in [0, 0.05) is 18.6 Å². The molecular weight excluding hydrogens is 248 g/mol. The fourth-order valence-corrected chi connectivity index (χ4v) is 3.46. The van der Waals surface area contributed by atoms with Crippen LogP contribution in [0.1, 0.15) is 37.8 Å². The molecule has 0 bridgehead atoms. The lowest BCUT2D eigenvalue weighted by molar-refractivity contribution is 0.144. The van der Waals surface area contributed by atoms with Crippen LogP contribution in [0.3, 0.4) is 0 Å². The van der Waals surface area contributed by atoms with Crippen LogP contribution in [0.5, 0.6) is 5.75 Å². The molecule has 1 unspecified atom stereocenters. The molecule has 0 spiro atoms. The molecule has 3 nitrogen and oxygen atoms in total. The van der Waals surface area contributed by atoms with E-state index in [-0.39, 0.29) is 0 Å². The van der Waals surface area contributed by atoms with E-state index in [2.05, 4.69) is 42.3 Å². The van der Waals surface area contributed by atoms with Gasteiger partial charge in [0.2, 0.25) is 0 Å². The number of benzene rings is 1. The van der Waals surface area contributed by atoms with Gasteiger partial charge in [0.1, 0.15) is 12.4 Å². The quantitative estimate of drug-likeness (QED) is 0.913. The molecule has 2 aliphatic heterocycles. The first-order chi connectivity index (χ1) is 9.74. The van der Waals surface area contributed by atoms with Gasteiger partial charge in [-0.2, -0.15) is 0 Å². The van der Waals surface area contributed by atoms with Crippen molar-refractivity contribution in [1.82, 2.24) is 10.2 Å². The van der Waals surface area contributed by atoms with Gasteiger partial charge in [-0.3, -0.25) is 4.90 Å². The fourth-order valence-electron chi connectivity index (χ4n) is 3.46. The Balaban J connectivity index is 1.61. The fraction of sp³-hybridized carbons (Fsp3) is 0.647. The summed E-state index contributed by atoms with van der Waals surface area (Å²) in [6, 6.07) is 7.80. The van der Waals surface area contributed by atoms with Gasteiger partial charge < -0.3 is 10.1 Å². The molecule has 1 atom stereocenters. The average molecular weight is 274 g/mol. The molecule has 1 aromatic carbocycles. The molecule has 0 amide bonds. The van der Waals surface area contributed by atoms with Crippen molar-refractivity contribution in [2.24, 2.45) is 0 Å². The predicted molar refractivity (Wildman–Crippen MR) is 82.2 cm³/mol. The summed E-state index contributed by atoms with van der Waals surface area (Å²) in [6.07, 6.45) is 3.71. The minimum absolute atomic E-state index is 0.587. The Morgan fingerprint density at radius 1 is 1.35 bits per heavy atom. The van der Waals surface area contributed by atoms with E-state index in [1.54, 1.807) is 0 Å². The third kappa shape index (κ3) is 2.99. The Bertz CT molecular complexity index is 458. The summed E-state index contributed by atoms with van der Waals surface area (Å²) in [6.45, 7) is 8.68. The standard InChI is InChI=1S/C17H26N2O/c1-13(2)19-9-3-4-16(19)12-20-17-6-5-14-7-8-18-11-15(14)10-17/h5-6,10,13,16,18H,3-4,7-9,11-12H2,1-2H3. The normalized spacial score (nSPS) is 23.1. The van der Waals surface area contributed by atoms with Gasteiger partial charge in [-0.25, -0.2) is 0 Å². The van der Waals surface area contributed by atoms with E-state index >= 15 is 0 Å². The number of ether oxygens (including phenoxy) is 1. The van der Waals surface area contributed by atoms with Gasteiger partial charge in [0.25, 0.3) is 0 Å². The monoisotopic (exact) mass is 274 g/mol. The largest absolute Gasteiger partial charge is 0.492 e. The minimum atomic E-state index is 0.587. The molecule has 3 rings (SSSR count). The Labute approximate surface area is 122 Å². The summed E-state index contributed by atoms with van der Waals surface area (Å²) in [5.41, 5.74) is 2.88. The third-order valence-electron chi connectivity index (χ3n) is 4.59. The average Bonchev–Trinajstić information content (AvgIpc) is 2.93. The van der Waals surface area contributed by atoms with Gasteiger partial charge in [0.05, 0.1) is 0 Å². The van der Waals surface area contributed by atoms with Gasteiger partial charge in [-0.05, 0) is 69.5 Å². The lowest BCUT2D eigenvalue weighted by atomic mass is 10.0. The maximum Gasteiger partial charge on any atom is 0.119 e. The van der Waals surface area contributed by atoms with Crippen molar-refractivity contribution in [3.8, 4) is 5.75 Å². The Kier molecular flexibility index (Phi) is 4.27. The molecule has 2 aliphatic rings. The molecule has 0 aromatic heterocycles. The van der Waals surface area contributed by atoms with Crippen LogP contribution in [0.4, 0.5) is 0 Å². The van der Waals surface area contributed by atoms with Gasteiger partial charge in [-0.1, -0.05) is 6.07 Å². The first kappa shape index (κ1) is 13.9. The van der Waals surface area contributed by atoms with E-state index in [4.69, 9.17) is 4.74 Å². The number of hydrogen-bond donors (Lipinski definition) is 1. The van der Waals surface area contributed by atoms with Gasteiger partial charge >= 0.3 is 0 Å². The van der Waals surface area contributed by atoms with Crippen molar-refractivity contribution < 1.29 is 4.74 Å². The topological polar surface area (TPSA) is 24.5 Å². The van der Waals surface area contributed by atoms with Gasteiger partial charge in [-0.15, -0.1) is 0 Å². The number of nitrogens with one attached hydrogen (secondary N) is 1. The van der Waals surface area contributed by atoms with Crippen molar-refractivity contribution in [3.63, 3.8) is 0 Å². The number of fused-ring (bicyclic) bond motifs is 1. The summed E-state index contributed by atoms with van der Waals surface area (Å²) >= 11 is 0. The minimum Gasteiger partial charge on any atom is -0.492 e. The van der Waals surface area contributed by atoms with E-state index in [1.807, 2.05) is 0 Å². The van der Waals surface area contributed by atoms with Crippen molar-refractivity contribution in [3.05, 3.63) is 29.3 Å². The SMILES string of the molecule is CC(C)N1CCCC1COc1ccc2c(c1)CNCC2. The van der Waals surface area contributed by atoms with Crippen LogP contribution in [-0.4, -0.2) is 36.7 Å². The molecule has 0 radical (unpaired) electrons. The molecule has 0 aliphatic carbocycles. The molecule has 3 heteroatoms. The Morgan fingerprint density at radius 3 is 3.10 bits per heavy atom. The van der Waals surface area contributed by atoms with Crippen molar-refractivity contribution in [2.75, 3.05) is 19.7 Å². The third-order valence-corrected chi connectivity index (χ3v) is 4.59. The number of hydrogen-bond acceptors (Lipinski definition) is 3. The van der Waals surface area contributed by atoms with Crippen LogP contribution in [-0.2, 0) is 13.0 Å². The Hall–Kier alpha value is -1.06. The summed E-state index contributed by atoms with van der Waals surface area (Å²) in [5.74, 6) is 1.03. The second kappa shape index (κ2) is 6.15. The lowest BCUT2D eigenvalue weighted by Gasteiger charge is -2.28. The van der Waals surface area contributed by atoms with E-state index < -0.39 is 0 Å². The molecule has 110 valence electrons. The molecule has 1 fully saturated rings. The molecule has 0 saturated carbocycles. The summed E-state index contributed by atoms with van der Waals surface area (Å²) in [4.78, 5) is 2.57. The molecule has 2 heterocycles. The highest BCUT2D eigenvalue weighted by Gasteiger charge is 2.26.